The number of morpholine rings is 1. The Morgan fingerprint density at radius 2 is 2.37 bits per heavy atom. The Bertz CT molecular complexity index is 521. The predicted octanol–water partition coefficient (Wildman–Crippen LogP) is -0.813. The van der Waals surface area contributed by atoms with Gasteiger partial charge in [0.15, 0.2) is 4.60 Å². The van der Waals surface area contributed by atoms with Crippen molar-refractivity contribution in [2.75, 3.05) is 33.3 Å². The molecule has 108 valence electrons. The topological polar surface area (TPSA) is 89.3 Å². The van der Waals surface area contributed by atoms with E-state index < -0.39 is 10.0 Å². The summed E-state index contributed by atoms with van der Waals surface area (Å²) in [4.78, 5) is 0. The normalized spacial score (nSPS) is 20.9. The molecular formula is C9H16BrN5O3S. The van der Waals surface area contributed by atoms with Gasteiger partial charge in [0.2, 0.25) is 5.03 Å². The summed E-state index contributed by atoms with van der Waals surface area (Å²) in [6, 6.07) is 0. The van der Waals surface area contributed by atoms with Crippen LogP contribution in [0.1, 0.15) is 0 Å². The highest BCUT2D eigenvalue weighted by molar-refractivity contribution is 9.10. The summed E-state index contributed by atoms with van der Waals surface area (Å²) in [5.74, 6) is 0. The minimum absolute atomic E-state index is 0.0405. The molecule has 0 amide bonds. The van der Waals surface area contributed by atoms with Gasteiger partial charge in [-0.25, -0.2) is 13.1 Å². The van der Waals surface area contributed by atoms with Gasteiger partial charge in [-0.3, -0.25) is 0 Å². The van der Waals surface area contributed by atoms with Crippen molar-refractivity contribution in [1.29, 1.82) is 0 Å². The van der Waals surface area contributed by atoms with E-state index in [4.69, 9.17) is 4.74 Å². The van der Waals surface area contributed by atoms with Crippen LogP contribution in [-0.4, -0.2) is 67.1 Å². The van der Waals surface area contributed by atoms with E-state index in [1.165, 1.54) is 23.1 Å². The quantitative estimate of drug-likeness (QED) is 0.761. The molecule has 1 atom stereocenters. The molecule has 1 aromatic rings. The highest BCUT2D eigenvalue weighted by Crippen LogP contribution is 2.21. The number of hydrogen-bond acceptors (Lipinski definition) is 6. The van der Waals surface area contributed by atoms with Crippen LogP contribution in [0.3, 0.4) is 0 Å². The molecule has 1 saturated heterocycles. The number of nitrogens with one attached hydrogen (secondary N) is 1. The molecular weight excluding hydrogens is 338 g/mol. The van der Waals surface area contributed by atoms with Crippen LogP contribution in [0.15, 0.2) is 9.63 Å². The number of aryl methyl sites for hydroxylation is 1. The summed E-state index contributed by atoms with van der Waals surface area (Å²) in [5, 5.41) is 10.6. The van der Waals surface area contributed by atoms with Gasteiger partial charge in [0, 0.05) is 33.7 Å². The van der Waals surface area contributed by atoms with Crippen molar-refractivity contribution in [3.63, 3.8) is 0 Å². The van der Waals surface area contributed by atoms with Gasteiger partial charge < -0.3 is 10.1 Å². The fourth-order valence-corrected chi connectivity index (χ4v) is 4.09. The van der Waals surface area contributed by atoms with Crippen molar-refractivity contribution < 1.29 is 13.2 Å². The van der Waals surface area contributed by atoms with Crippen LogP contribution in [-0.2, 0) is 21.8 Å². The number of likely N-dealkylation sites (N-methyl/N-ethyl adjacent to an activating group) is 1. The van der Waals surface area contributed by atoms with Gasteiger partial charge >= 0.3 is 0 Å². The third-order valence-corrected chi connectivity index (χ3v) is 5.57. The van der Waals surface area contributed by atoms with E-state index in [1.807, 2.05) is 0 Å². The molecule has 0 bridgehead atoms. The van der Waals surface area contributed by atoms with Gasteiger partial charge in [-0.15, -0.1) is 5.10 Å². The van der Waals surface area contributed by atoms with Crippen LogP contribution < -0.4 is 5.32 Å². The lowest BCUT2D eigenvalue weighted by atomic mass is 10.3. The van der Waals surface area contributed by atoms with Gasteiger partial charge in [-0.05, 0) is 15.9 Å². The molecule has 1 aromatic heterocycles. The number of rotatable bonds is 4. The van der Waals surface area contributed by atoms with Gasteiger partial charge in [-0.1, -0.05) is 5.21 Å². The monoisotopic (exact) mass is 353 g/mol. The molecule has 0 saturated carbocycles. The Morgan fingerprint density at radius 3 is 2.89 bits per heavy atom. The van der Waals surface area contributed by atoms with Crippen molar-refractivity contribution in [1.82, 2.24) is 24.6 Å². The number of sulfonamides is 1. The minimum atomic E-state index is -3.64. The van der Waals surface area contributed by atoms with E-state index in [0.29, 0.717) is 13.2 Å². The van der Waals surface area contributed by atoms with Crippen LogP contribution >= 0.6 is 15.9 Å². The van der Waals surface area contributed by atoms with E-state index in [-0.39, 0.29) is 22.3 Å². The van der Waals surface area contributed by atoms with E-state index in [9.17, 15) is 8.42 Å². The van der Waals surface area contributed by atoms with E-state index in [2.05, 4.69) is 31.6 Å². The van der Waals surface area contributed by atoms with Crippen LogP contribution in [0.4, 0.5) is 0 Å². The first-order valence-corrected chi connectivity index (χ1v) is 8.00. The zero-order chi connectivity index (χ0) is 14.0. The molecule has 1 N–H and O–H groups in total. The zero-order valence-electron chi connectivity index (χ0n) is 10.7. The molecule has 0 radical (unpaired) electrons. The smallest absolute Gasteiger partial charge is 0.262 e. The fraction of sp³-hybridized carbons (Fsp3) is 0.778. The first-order chi connectivity index (χ1) is 8.93. The maximum Gasteiger partial charge on any atom is 0.262 e. The second-order valence-corrected chi connectivity index (χ2v) is 7.00. The summed E-state index contributed by atoms with van der Waals surface area (Å²) >= 11 is 3.10. The Morgan fingerprint density at radius 1 is 1.63 bits per heavy atom. The van der Waals surface area contributed by atoms with Crippen molar-refractivity contribution in [2.45, 2.75) is 11.1 Å². The number of hydrogen-bond donors (Lipinski definition) is 1. The SMILES string of the molecule is CN(CC1CNCCO1)S(=O)(=O)c1c(Br)nnn1C. The van der Waals surface area contributed by atoms with Gasteiger partial charge in [-0.2, -0.15) is 4.31 Å². The molecule has 0 aromatic carbocycles. The maximum absolute atomic E-state index is 12.4. The lowest BCUT2D eigenvalue weighted by Gasteiger charge is -2.27. The van der Waals surface area contributed by atoms with E-state index >= 15 is 0 Å². The molecule has 1 aliphatic rings. The Balaban J connectivity index is 2.15. The second kappa shape index (κ2) is 5.83. The zero-order valence-corrected chi connectivity index (χ0v) is 13.1. The van der Waals surface area contributed by atoms with Gasteiger partial charge in [0.05, 0.1) is 12.7 Å². The fourth-order valence-electron chi connectivity index (χ4n) is 1.87. The first kappa shape index (κ1) is 14.9. The molecule has 1 fully saturated rings. The third-order valence-electron chi connectivity index (χ3n) is 2.86. The van der Waals surface area contributed by atoms with E-state index in [1.54, 1.807) is 0 Å². The molecule has 2 heterocycles. The lowest BCUT2D eigenvalue weighted by molar-refractivity contribution is 0.0206. The van der Waals surface area contributed by atoms with Crippen LogP contribution in [0.5, 0.6) is 0 Å². The summed E-state index contributed by atoms with van der Waals surface area (Å²) < 4.78 is 33.1. The van der Waals surface area contributed by atoms with Crippen molar-refractivity contribution >= 4 is 26.0 Å². The largest absolute Gasteiger partial charge is 0.374 e. The van der Waals surface area contributed by atoms with Crippen LogP contribution in [0.2, 0.25) is 0 Å². The van der Waals surface area contributed by atoms with Crippen LogP contribution in [0.25, 0.3) is 0 Å². The summed E-state index contributed by atoms with van der Waals surface area (Å²) in [5.41, 5.74) is 0. The Labute approximate surface area is 120 Å². The molecule has 8 nitrogen and oxygen atoms in total. The van der Waals surface area contributed by atoms with E-state index in [0.717, 1.165) is 6.54 Å². The molecule has 0 aliphatic carbocycles. The number of nitrogens with zero attached hydrogens (tertiary/aromatic N) is 4. The number of aromatic nitrogens is 3. The second-order valence-electron chi connectivity index (χ2n) is 4.29. The average Bonchev–Trinajstić information content (AvgIpc) is 2.70. The standard InChI is InChI=1S/C9H16BrN5O3S/c1-14(6-7-5-11-3-4-18-7)19(16,17)9-8(10)12-13-15(9)2/h7,11H,3-6H2,1-2H3. The molecule has 1 unspecified atom stereocenters. The molecule has 2 rings (SSSR count). The minimum Gasteiger partial charge on any atom is -0.374 e. The molecule has 10 heteroatoms. The van der Waals surface area contributed by atoms with Crippen molar-refractivity contribution in [2.24, 2.45) is 7.05 Å². The molecule has 0 spiro atoms. The van der Waals surface area contributed by atoms with Gasteiger partial charge in [0.1, 0.15) is 0 Å². The highest BCUT2D eigenvalue weighted by Gasteiger charge is 2.30. The van der Waals surface area contributed by atoms with Crippen molar-refractivity contribution in [3.05, 3.63) is 4.60 Å². The summed E-state index contributed by atoms with van der Waals surface area (Å²) in [7, 11) is -0.580. The Kier molecular flexibility index (Phi) is 4.56. The van der Waals surface area contributed by atoms with Crippen LogP contribution in [0, 0.1) is 0 Å². The summed E-state index contributed by atoms with van der Waals surface area (Å²) in [6.45, 7) is 2.32. The third kappa shape index (κ3) is 3.14. The van der Waals surface area contributed by atoms with Gasteiger partial charge in [0.25, 0.3) is 10.0 Å². The number of halogens is 1. The first-order valence-electron chi connectivity index (χ1n) is 5.76. The maximum atomic E-state index is 12.4. The molecule has 19 heavy (non-hydrogen) atoms. The summed E-state index contributed by atoms with van der Waals surface area (Å²) in [6.07, 6.45) is -0.145. The Hall–Kier alpha value is -0.550. The lowest BCUT2D eigenvalue weighted by Crippen LogP contribution is -2.45. The number of ether oxygens (including phenoxy) is 1. The average molecular weight is 354 g/mol. The highest BCUT2D eigenvalue weighted by atomic mass is 79.9. The predicted molar refractivity (Wildman–Crippen MR) is 71.1 cm³/mol. The van der Waals surface area contributed by atoms with Crippen molar-refractivity contribution in [3.8, 4) is 0 Å². The molecule has 1 aliphatic heterocycles.